The fraction of sp³-hybridized carbons (Fsp3) is 0.421. The SMILES string of the molecule is CCCCCn1c(NC2CCN(CCC(CN(C)C(=O)c3cc(-c4cn[nH]n4)ccc3OC)c3ccc(F)cc3)CC2)nc2ccccc21. The summed E-state index contributed by atoms with van der Waals surface area (Å²) in [6.07, 6.45) is 8.05. The third-order valence-electron chi connectivity index (χ3n) is 9.68. The van der Waals surface area contributed by atoms with Crippen molar-refractivity contribution in [1.29, 1.82) is 0 Å². The second kappa shape index (κ2) is 16.1. The number of aromatic amines is 1. The number of hydrogen-bond donors (Lipinski definition) is 2. The zero-order valence-electron chi connectivity index (χ0n) is 28.7. The van der Waals surface area contributed by atoms with Gasteiger partial charge in [0, 0.05) is 50.7 Å². The standard InChI is InChI=1S/C38H47FN8O2/c1-4-5-8-20-47-35-10-7-6-9-33(35)42-38(47)41-31-18-22-46(23-19-31)21-17-29(27-11-14-30(39)15-12-27)26-45(2)37(48)32-24-28(13-16-36(32)49-3)34-25-40-44-43-34/h6-7,9-16,24-25,29,31H,4-5,8,17-23,26H2,1-3H3,(H,41,42)(H,40,43,44). The molecule has 0 radical (unpaired) electrons. The van der Waals surface area contributed by atoms with Crippen molar-refractivity contribution in [2.24, 2.45) is 0 Å². The summed E-state index contributed by atoms with van der Waals surface area (Å²) in [5, 5.41) is 14.5. The molecule has 49 heavy (non-hydrogen) atoms. The molecule has 10 nitrogen and oxygen atoms in total. The Hall–Kier alpha value is -4.77. The molecule has 0 aliphatic carbocycles. The highest BCUT2D eigenvalue weighted by molar-refractivity contribution is 5.98. The summed E-state index contributed by atoms with van der Waals surface area (Å²) in [7, 11) is 3.37. The molecule has 3 aromatic carbocycles. The number of nitrogens with zero attached hydrogens (tertiary/aromatic N) is 6. The van der Waals surface area contributed by atoms with E-state index < -0.39 is 0 Å². The molecule has 11 heteroatoms. The molecule has 258 valence electrons. The third kappa shape index (κ3) is 8.28. The third-order valence-corrected chi connectivity index (χ3v) is 9.68. The Balaban J connectivity index is 1.09. The maximum absolute atomic E-state index is 13.9. The monoisotopic (exact) mass is 666 g/mol. The van der Waals surface area contributed by atoms with Crippen LogP contribution in [0, 0.1) is 5.82 Å². The van der Waals surface area contributed by atoms with Crippen LogP contribution < -0.4 is 10.1 Å². The van der Waals surface area contributed by atoms with E-state index in [1.165, 1.54) is 30.5 Å². The quantitative estimate of drug-likeness (QED) is 0.116. The van der Waals surface area contributed by atoms with Gasteiger partial charge in [0.25, 0.3) is 5.91 Å². The Labute approximate surface area is 287 Å². The molecule has 5 aromatic rings. The van der Waals surface area contributed by atoms with Gasteiger partial charge in [-0.15, -0.1) is 0 Å². The van der Waals surface area contributed by atoms with E-state index >= 15 is 0 Å². The summed E-state index contributed by atoms with van der Waals surface area (Å²) in [6, 6.07) is 20.9. The second-order valence-corrected chi connectivity index (χ2v) is 13.0. The lowest BCUT2D eigenvalue weighted by molar-refractivity contribution is 0.0778. The number of benzene rings is 3. The lowest BCUT2D eigenvalue weighted by Gasteiger charge is -2.34. The number of rotatable bonds is 15. The van der Waals surface area contributed by atoms with Gasteiger partial charge in [-0.1, -0.05) is 44.0 Å². The number of fused-ring (bicyclic) bond motifs is 1. The van der Waals surface area contributed by atoms with E-state index in [0.717, 1.165) is 74.5 Å². The first-order valence-electron chi connectivity index (χ1n) is 17.4. The van der Waals surface area contributed by atoms with E-state index in [1.807, 2.05) is 25.2 Å². The van der Waals surface area contributed by atoms with Crippen LogP contribution in [0.1, 0.15) is 67.3 Å². The first-order chi connectivity index (χ1) is 23.9. The van der Waals surface area contributed by atoms with E-state index in [9.17, 15) is 9.18 Å². The number of methoxy groups -OCH3 is 1. The van der Waals surface area contributed by atoms with Crippen LogP contribution in [-0.4, -0.2) is 87.0 Å². The molecule has 2 aromatic heterocycles. The van der Waals surface area contributed by atoms with Crippen LogP contribution >= 0.6 is 0 Å². The predicted molar refractivity (Wildman–Crippen MR) is 191 cm³/mol. The maximum atomic E-state index is 13.9. The second-order valence-electron chi connectivity index (χ2n) is 13.0. The van der Waals surface area contributed by atoms with E-state index in [2.05, 4.69) is 61.4 Å². The molecule has 1 aliphatic heterocycles. The lowest BCUT2D eigenvalue weighted by Crippen LogP contribution is -2.40. The van der Waals surface area contributed by atoms with Crippen molar-refractivity contribution in [2.75, 3.05) is 45.7 Å². The van der Waals surface area contributed by atoms with E-state index in [-0.39, 0.29) is 17.6 Å². The number of anilines is 1. The van der Waals surface area contributed by atoms with Gasteiger partial charge >= 0.3 is 0 Å². The van der Waals surface area contributed by atoms with E-state index in [0.29, 0.717) is 29.6 Å². The number of imidazole rings is 1. The van der Waals surface area contributed by atoms with E-state index in [1.54, 1.807) is 30.3 Å². The topological polar surface area (TPSA) is 104 Å². The molecule has 1 saturated heterocycles. The Morgan fingerprint density at radius 2 is 1.88 bits per heavy atom. The predicted octanol–water partition coefficient (Wildman–Crippen LogP) is 6.98. The molecule has 1 unspecified atom stereocenters. The zero-order valence-corrected chi connectivity index (χ0v) is 28.7. The number of carbonyl (C=O) groups excluding carboxylic acids is 1. The number of ether oxygens (including phenoxy) is 1. The van der Waals surface area contributed by atoms with Crippen molar-refractivity contribution < 1.29 is 13.9 Å². The Bertz CT molecular complexity index is 1800. The largest absolute Gasteiger partial charge is 0.496 e. The molecule has 3 heterocycles. The van der Waals surface area contributed by atoms with Crippen LogP contribution in [-0.2, 0) is 6.54 Å². The smallest absolute Gasteiger partial charge is 0.257 e. The molecular weight excluding hydrogens is 619 g/mol. The minimum Gasteiger partial charge on any atom is -0.496 e. The highest BCUT2D eigenvalue weighted by atomic mass is 19.1. The minimum atomic E-state index is -0.269. The minimum absolute atomic E-state index is 0.0261. The van der Waals surface area contributed by atoms with Crippen LogP contribution in [0.4, 0.5) is 10.3 Å². The first-order valence-corrected chi connectivity index (χ1v) is 17.4. The first kappa shape index (κ1) is 34.1. The van der Waals surface area contributed by atoms with Gasteiger partial charge in [-0.3, -0.25) is 4.79 Å². The number of amides is 1. The van der Waals surface area contributed by atoms with Crippen molar-refractivity contribution in [2.45, 2.75) is 64.0 Å². The number of unbranched alkanes of at least 4 members (excludes halogenated alkanes) is 2. The molecular formula is C38H47FN8O2. The van der Waals surface area contributed by atoms with Crippen molar-refractivity contribution in [3.05, 3.63) is 89.9 Å². The summed E-state index contributed by atoms with van der Waals surface area (Å²) in [5.41, 5.74) is 5.12. The number of hydrogen-bond acceptors (Lipinski definition) is 7. The summed E-state index contributed by atoms with van der Waals surface area (Å²) in [6.45, 7) is 6.52. The van der Waals surface area contributed by atoms with Gasteiger partial charge in [-0.2, -0.15) is 15.4 Å². The normalized spacial score (nSPS) is 14.6. The Morgan fingerprint density at radius 1 is 1.08 bits per heavy atom. The number of aromatic nitrogens is 5. The molecule has 1 amide bonds. The van der Waals surface area contributed by atoms with Crippen molar-refractivity contribution in [3.63, 3.8) is 0 Å². The average molecular weight is 667 g/mol. The molecule has 0 bridgehead atoms. The fourth-order valence-corrected chi connectivity index (χ4v) is 6.85. The maximum Gasteiger partial charge on any atom is 0.257 e. The van der Waals surface area contributed by atoms with Crippen molar-refractivity contribution in [3.8, 4) is 17.0 Å². The van der Waals surface area contributed by atoms with Gasteiger partial charge in [0.05, 0.1) is 29.9 Å². The van der Waals surface area contributed by atoms with E-state index in [4.69, 9.17) is 9.72 Å². The Morgan fingerprint density at radius 3 is 2.61 bits per heavy atom. The van der Waals surface area contributed by atoms with Crippen LogP contribution in [0.3, 0.4) is 0 Å². The van der Waals surface area contributed by atoms with Gasteiger partial charge < -0.3 is 24.4 Å². The van der Waals surface area contributed by atoms with Gasteiger partial charge in [0.2, 0.25) is 5.95 Å². The summed E-state index contributed by atoms with van der Waals surface area (Å²) < 4.78 is 21.8. The number of para-hydroxylation sites is 2. The lowest BCUT2D eigenvalue weighted by atomic mass is 9.93. The molecule has 6 rings (SSSR count). The molecule has 0 saturated carbocycles. The Kier molecular flexibility index (Phi) is 11.2. The number of likely N-dealkylation sites (tertiary alicyclic amines) is 1. The highest BCUT2D eigenvalue weighted by Crippen LogP contribution is 2.29. The number of nitrogens with one attached hydrogen (secondary N) is 2. The molecule has 1 aliphatic rings. The number of likely N-dealkylation sites (N-methyl/N-ethyl adjacent to an activating group) is 1. The number of aryl methyl sites for hydroxylation is 1. The number of H-pyrrole nitrogens is 1. The number of piperidine rings is 1. The van der Waals surface area contributed by atoms with Gasteiger partial charge in [0.1, 0.15) is 17.3 Å². The zero-order chi connectivity index (χ0) is 34.2. The van der Waals surface area contributed by atoms with Gasteiger partial charge in [-0.05, 0) is 80.3 Å². The average Bonchev–Trinajstić information content (AvgIpc) is 3.79. The molecule has 1 atom stereocenters. The van der Waals surface area contributed by atoms with Crippen LogP contribution in [0.2, 0.25) is 0 Å². The van der Waals surface area contributed by atoms with Crippen LogP contribution in [0.25, 0.3) is 22.3 Å². The molecule has 1 fully saturated rings. The van der Waals surface area contributed by atoms with Gasteiger partial charge in [0.15, 0.2) is 0 Å². The van der Waals surface area contributed by atoms with Crippen molar-refractivity contribution in [1.82, 2.24) is 34.8 Å². The summed E-state index contributed by atoms with van der Waals surface area (Å²) in [4.78, 5) is 23.0. The van der Waals surface area contributed by atoms with Crippen LogP contribution in [0.5, 0.6) is 5.75 Å². The van der Waals surface area contributed by atoms with Gasteiger partial charge in [-0.25, -0.2) is 9.37 Å². The fourth-order valence-electron chi connectivity index (χ4n) is 6.85. The summed E-state index contributed by atoms with van der Waals surface area (Å²) >= 11 is 0. The summed E-state index contributed by atoms with van der Waals surface area (Å²) in [5.74, 6) is 1.08. The number of carbonyl (C=O) groups is 1. The highest BCUT2D eigenvalue weighted by Gasteiger charge is 2.25. The molecule has 0 spiro atoms. The molecule has 2 N–H and O–H groups in total. The van der Waals surface area contributed by atoms with Crippen molar-refractivity contribution >= 4 is 22.9 Å². The number of halogens is 1. The van der Waals surface area contributed by atoms with Crippen LogP contribution in [0.15, 0.2) is 72.9 Å².